The van der Waals surface area contributed by atoms with Crippen LogP contribution in [0.5, 0.6) is 0 Å². The molecule has 1 aliphatic carbocycles. The van der Waals surface area contributed by atoms with Gasteiger partial charge in [-0.3, -0.25) is 4.98 Å². The Kier molecular flexibility index (Phi) is 2.63. The minimum absolute atomic E-state index is 0.269. The number of hydrogen-bond donors (Lipinski definition) is 1. The molecule has 4 rings (SSSR count). The van der Waals surface area contributed by atoms with E-state index in [0.717, 1.165) is 42.6 Å². The van der Waals surface area contributed by atoms with Gasteiger partial charge in [0.1, 0.15) is 5.82 Å². The van der Waals surface area contributed by atoms with Gasteiger partial charge in [-0.25, -0.2) is 4.39 Å². The Bertz CT molecular complexity index is 701. The highest BCUT2D eigenvalue weighted by atomic mass is 35.5. The molecule has 2 heterocycles. The first-order valence-corrected chi connectivity index (χ1v) is 7.26. The second-order valence-corrected chi connectivity index (χ2v) is 5.90. The summed E-state index contributed by atoms with van der Waals surface area (Å²) in [7, 11) is 0. The van der Waals surface area contributed by atoms with Gasteiger partial charge >= 0.3 is 0 Å². The van der Waals surface area contributed by atoms with Gasteiger partial charge in [-0.05, 0) is 54.2 Å². The minimum atomic E-state index is -0.317. The Labute approximate surface area is 122 Å². The van der Waals surface area contributed by atoms with E-state index >= 15 is 0 Å². The molecule has 0 saturated heterocycles. The second kappa shape index (κ2) is 4.27. The molecular formula is C16H14ClFN2. The summed E-state index contributed by atoms with van der Waals surface area (Å²) in [5.74, 6) is -0.269. The largest absolute Gasteiger partial charge is 0.303 e. The Hall–Kier alpha value is -1.45. The lowest BCUT2D eigenvalue weighted by atomic mass is 9.78. The van der Waals surface area contributed by atoms with Crippen molar-refractivity contribution >= 4 is 11.6 Å². The zero-order valence-electron chi connectivity index (χ0n) is 10.9. The molecule has 1 unspecified atom stereocenters. The fourth-order valence-corrected chi connectivity index (χ4v) is 3.96. The zero-order valence-corrected chi connectivity index (χ0v) is 11.7. The average Bonchev–Trinajstić information content (AvgIpc) is 2.81. The maximum absolute atomic E-state index is 13.8. The standard InChI is InChI=1S/C16H14ClFN2/c17-14-9-10(18)8-13-11(14)4-7-20-16(13)5-3-15-12(16)2-1-6-19-15/h1-2,6,8-9,20H,3-5,7H2. The van der Waals surface area contributed by atoms with E-state index in [-0.39, 0.29) is 11.4 Å². The second-order valence-electron chi connectivity index (χ2n) is 5.49. The fraction of sp³-hybridized carbons (Fsp3) is 0.312. The predicted molar refractivity (Wildman–Crippen MR) is 76.5 cm³/mol. The van der Waals surface area contributed by atoms with Crippen molar-refractivity contribution in [3.8, 4) is 0 Å². The van der Waals surface area contributed by atoms with Crippen LogP contribution in [0.2, 0.25) is 5.02 Å². The summed E-state index contributed by atoms with van der Waals surface area (Å²) >= 11 is 6.25. The maximum atomic E-state index is 13.8. The lowest BCUT2D eigenvalue weighted by Gasteiger charge is -2.38. The van der Waals surface area contributed by atoms with E-state index in [9.17, 15) is 4.39 Å². The van der Waals surface area contributed by atoms with Crippen LogP contribution in [0.3, 0.4) is 0 Å². The smallest absolute Gasteiger partial charge is 0.125 e. The number of nitrogens with one attached hydrogen (secondary N) is 1. The van der Waals surface area contributed by atoms with Crippen molar-refractivity contribution in [2.24, 2.45) is 0 Å². The molecule has 4 heteroatoms. The molecule has 20 heavy (non-hydrogen) atoms. The van der Waals surface area contributed by atoms with Gasteiger partial charge in [0.15, 0.2) is 0 Å². The third-order valence-electron chi connectivity index (χ3n) is 4.51. The van der Waals surface area contributed by atoms with E-state index < -0.39 is 0 Å². The highest BCUT2D eigenvalue weighted by molar-refractivity contribution is 6.31. The van der Waals surface area contributed by atoms with Crippen LogP contribution in [-0.2, 0) is 18.4 Å². The van der Waals surface area contributed by atoms with Crippen LogP contribution < -0.4 is 5.32 Å². The summed E-state index contributed by atoms with van der Waals surface area (Å²) in [5.41, 5.74) is 4.02. The first-order valence-electron chi connectivity index (χ1n) is 6.88. The summed E-state index contributed by atoms with van der Waals surface area (Å²) in [6.45, 7) is 0.854. The highest BCUT2D eigenvalue weighted by Gasteiger charge is 2.44. The molecule has 1 atom stereocenters. The fourth-order valence-electron chi connectivity index (χ4n) is 3.66. The quantitative estimate of drug-likeness (QED) is 0.805. The monoisotopic (exact) mass is 288 g/mol. The summed E-state index contributed by atoms with van der Waals surface area (Å²) < 4.78 is 13.8. The summed E-state index contributed by atoms with van der Waals surface area (Å²) in [4.78, 5) is 4.46. The van der Waals surface area contributed by atoms with Crippen molar-refractivity contribution in [2.45, 2.75) is 24.8 Å². The molecule has 1 N–H and O–H groups in total. The van der Waals surface area contributed by atoms with Gasteiger partial charge in [0.25, 0.3) is 0 Å². The van der Waals surface area contributed by atoms with Gasteiger partial charge in [0, 0.05) is 23.5 Å². The summed E-state index contributed by atoms with van der Waals surface area (Å²) in [6, 6.07) is 7.09. The molecule has 0 amide bonds. The van der Waals surface area contributed by atoms with E-state index in [1.54, 1.807) is 6.07 Å². The lowest BCUT2D eigenvalue weighted by molar-refractivity contribution is 0.376. The van der Waals surface area contributed by atoms with E-state index in [0.29, 0.717) is 5.02 Å². The Morgan fingerprint density at radius 1 is 1.25 bits per heavy atom. The van der Waals surface area contributed by atoms with Gasteiger partial charge in [0.2, 0.25) is 0 Å². The van der Waals surface area contributed by atoms with Crippen LogP contribution in [0.15, 0.2) is 30.5 Å². The number of nitrogens with zero attached hydrogens (tertiary/aromatic N) is 1. The van der Waals surface area contributed by atoms with Gasteiger partial charge in [-0.1, -0.05) is 17.7 Å². The number of hydrogen-bond acceptors (Lipinski definition) is 2. The van der Waals surface area contributed by atoms with Crippen LogP contribution >= 0.6 is 11.6 Å². The third-order valence-corrected chi connectivity index (χ3v) is 4.85. The number of benzene rings is 1. The topological polar surface area (TPSA) is 24.9 Å². The van der Waals surface area contributed by atoms with Crippen LogP contribution in [0.25, 0.3) is 0 Å². The molecule has 2 aromatic rings. The molecule has 0 saturated carbocycles. The highest BCUT2D eigenvalue weighted by Crippen LogP contribution is 2.45. The van der Waals surface area contributed by atoms with Gasteiger partial charge in [0.05, 0.1) is 5.54 Å². The predicted octanol–water partition coefficient (Wildman–Crippen LogP) is 3.21. The number of aryl methyl sites for hydroxylation is 1. The summed E-state index contributed by atoms with van der Waals surface area (Å²) in [6.07, 6.45) is 4.48. The van der Waals surface area contributed by atoms with Crippen LogP contribution in [-0.4, -0.2) is 11.5 Å². The van der Waals surface area contributed by atoms with E-state index in [1.165, 1.54) is 11.6 Å². The number of aromatic nitrogens is 1. The van der Waals surface area contributed by atoms with Crippen LogP contribution in [0, 0.1) is 5.82 Å². The van der Waals surface area contributed by atoms with Gasteiger partial charge in [-0.2, -0.15) is 0 Å². The molecule has 0 fully saturated rings. The van der Waals surface area contributed by atoms with E-state index in [1.807, 2.05) is 12.3 Å². The van der Waals surface area contributed by atoms with Crippen molar-refractivity contribution in [1.29, 1.82) is 0 Å². The molecule has 2 aliphatic rings. The van der Waals surface area contributed by atoms with E-state index in [4.69, 9.17) is 11.6 Å². The van der Waals surface area contributed by atoms with Crippen LogP contribution in [0.1, 0.15) is 28.8 Å². The first kappa shape index (κ1) is 12.3. The Morgan fingerprint density at radius 2 is 2.15 bits per heavy atom. The number of rotatable bonds is 0. The lowest BCUT2D eigenvalue weighted by Crippen LogP contribution is -2.46. The zero-order chi connectivity index (χ0) is 13.7. The molecule has 0 bridgehead atoms. The Morgan fingerprint density at radius 3 is 3.05 bits per heavy atom. The van der Waals surface area contributed by atoms with Gasteiger partial charge < -0.3 is 5.32 Å². The molecule has 0 radical (unpaired) electrons. The molecule has 102 valence electrons. The van der Waals surface area contributed by atoms with Crippen LogP contribution in [0.4, 0.5) is 4.39 Å². The maximum Gasteiger partial charge on any atom is 0.125 e. The van der Waals surface area contributed by atoms with Gasteiger partial charge in [-0.15, -0.1) is 0 Å². The molecule has 1 aromatic carbocycles. The molecule has 1 spiro atoms. The van der Waals surface area contributed by atoms with Crippen molar-refractivity contribution in [3.63, 3.8) is 0 Å². The number of halogens is 2. The Balaban J connectivity index is 2.00. The SMILES string of the molecule is Fc1cc(Cl)c2c(c1)C1(CCc3ncccc31)NCC2. The molecule has 1 aromatic heterocycles. The number of pyridine rings is 1. The normalized spacial score (nSPS) is 23.7. The van der Waals surface area contributed by atoms with Crippen molar-refractivity contribution in [1.82, 2.24) is 10.3 Å². The average molecular weight is 289 g/mol. The van der Waals surface area contributed by atoms with E-state index in [2.05, 4.69) is 16.4 Å². The van der Waals surface area contributed by atoms with Crippen molar-refractivity contribution in [3.05, 3.63) is 63.7 Å². The van der Waals surface area contributed by atoms with Crippen molar-refractivity contribution < 1.29 is 4.39 Å². The minimum Gasteiger partial charge on any atom is -0.303 e. The number of fused-ring (bicyclic) bond motifs is 4. The molecule has 2 nitrogen and oxygen atoms in total. The third kappa shape index (κ3) is 1.57. The first-order chi connectivity index (χ1) is 9.71. The molecule has 1 aliphatic heterocycles. The summed E-state index contributed by atoms with van der Waals surface area (Å²) in [5, 5.41) is 4.14. The van der Waals surface area contributed by atoms with Crippen molar-refractivity contribution in [2.75, 3.05) is 6.54 Å². The molecular weight excluding hydrogens is 275 g/mol.